The Kier molecular flexibility index (Phi) is 6.13. The molecule has 27 heavy (non-hydrogen) atoms. The van der Waals surface area contributed by atoms with Crippen LogP contribution in [0.15, 0.2) is 40.9 Å². The molecule has 0 unspecified atom stereocenters. The van der Waals surface area contributed by atoms with E-state index in [2.05, 4.69) is 38.8 Å². The smallest absolute Gasteiger partial charge is 0.262 e. The van der Waals surface area contributed by atoms with Crippen molar-refractivity contribution in [2.24, 2.45) is 0 Å². The van der Waals surface area contributed by atoms with Crippen molar-refractivity contribution in [2.75, 3.05) is 23.8 Å². The second kappa shape index (κ2) is 8.54. The lowest BCUT2D eigenvalue weighted by molar-refractivity contribution is -0.118. The second-order valence-electron chi connectivity index (χ2n) is 6.51. The van der Waals surface area contributed by atoms with Gasteiger partial charge in [-0.3, -0.25) is 9.59 Å². The molecule has 0 radical (unpaired) electrons. The van der Waals surface area contributed by atoms with E-state index in [1.807, 2.05) is 36.4 Å². The van der Waals surface area contributed by atoms with Crippen LogP contribution in [0, 0.1) is 0 Å². The van der Waals surface area contributed by atoms with Gasteiger partial charge in [-0.2, -0.15) is 0 Å². The molecule has 0 fully saturated rings. The van der Waals surface area contributed by atoms with Gasteiger partial charge in [0.25, 0.3) is 5.91 Å². The third-order valence-corrected chi connectivity index (χ3v) is 5.02. The van der Waals surface area contributed by atoms with E-state index in [0.717, 1.165) is 28.7 Å². The molecule has 142 valence electrons. The third kappa shape index (κ3) is 5.08. The lowest BCUT2D eigenvalue weighted by Crippen LogP contribution is -2.26. The van der Waals surface area contributed by atoms with Gasteiger partial charge in [-0.25, -0.2) is 0 Å². The first-order chi connectivity index (χ1) is 12.9. The molecular weight excluding hydrogens is 410 g/mol. The zero-order valence-electron chi connectivity index (χ0n) is 15.3. The number of carbonyl (C=O) groups excluding carboxylic acids is 2. The van der Waals surface area contributed by atoms with E-state index in [1.54, 1.807) is 0 Å². The summed E-state index contributed by atoms with van der Waals surface area (Å²) in [7, 11) is 0. The number of anilines is 2. The highest BCUT2D eigenvalue weighted by molar-refractivity contribution is 9.10. The predicted octanol–water partition coefficient (Wildman–Crippen LogP) is 3.63. The van der Waals surface area contributed by atoms with Crippen molar-refractivity contribution in [3.05, 3.63) is 52.0 Å². The summed E-state index contributed by atoms with van der Waals surface area (Å²) in [6.45, 7) is 4.44. The fourth-order valence-electron chi connectivity index (χ4n) is 2.95. The lowest BCUT2D eigenvalue weighted by atomic mass is 10.1. The van der Waals surface area contributed by atoms with Gasteiger partial charge in [0.15, 0.2) is 6.61 Å². The highest BCUT2D eigenvalue weighted by Crippen LogP contribution is 2.36. The summed E-state index contributed by atoms with van der Waals surface area (Å²) in [6, 6.07) is 11.8. The number of nitrogens with one attached hydrogen (secondary N) is 3. The molecule has 0 aromatic heterocycles. The molecule has 0 spiro atoms. The molecule has 3 rings (SSSR count). The highest BCUT2D eigenvalue weighted by atomic mass is 79.9. The van der Waals surface area contributed by atoms with Crippen LogP contribution in [0.25, 0.3) is 0 Å². The standard InChI is InChI=1S/C20H22BrN3O3/c1-12(16-9-19-18(10-17(16)21)24-20(26)11-27-19)22-8-7-14-3-5-15(6-4-14)23-13(2)25/h3-6,9-10,12,22H,7-8,11H2,1-2H3,(H,23,25)(H,24,26)/t12-/m1/s1. The van der Waals surface area contributed by atoms with Gasteiger partial charge in [0.2, 0.25) is 5.91 Å². The summed E-state index contributed by atoms with van der Waals surface area (Å²) in [4.78, 5) is 22.5. The molecular formula is C20H22BrN3O3. The van der Waals surface area contributed by atoms with Crippen molar-refractivity contribution in [1.29, 1.82) is 0 Å². The van der Waals surface area contributed by atoms with Crippen molar-refractivity contribution < 1.29 is 14.3 Å². The van der Waals surface area contributed by atoms with Crippen LogP contribution in [-0.4, -0.2) is 25.0 Å². The minimum absolute atomic E-state index is 0.0460. The molecule has 1 atom stereocenters. The number of ether oxygens (including phenoxy) is 1. The molecule has 2 aromatic rings. The molecule has 1 aliphatic rings. The zero-order chi connectivity index (χ0) is 19.4. The van der Waals surface area contributed by atoms with Crippen LogP contribution in [0.1, 0.15) is 31.0 Å². The van der Waals surface area contributed by atoms with Crippen LogP contribution in [0.3, 0.4) is 0 Å². The molecule has 0 aliphatic carbocycles. The van der Waals surface area contributed by atoms with Gasteiger partial charge in [0, 0.05) is 23.1 Å². The van der Waals surface area contributed by atoms with Crippen LogP contribution >= 0.6 is 15.9 Å². The van der Waals surface area contributed by atoms with Gasteiger partial charge in [-0.05, 0) is 55.3 Å². The second-order valence-corrected chi connectivity index (χ2v) is 7.36. The van der Waals surface area contributed by atoms with Crippen LogP contribution in [0.2, 0.25) is 0 Å². The average molecular weight is 432 g/mol. The van der Waals surface area contributed by atoms with Crippen molar-refractivity contribution in [3.8, 4) is 5.75 Å². The number of hydrogen-bond donors (Lipinski definition) is 3. The van der Waals surface area contributed by atoms with Gasteiger partial charge >= 0.3 is 0 Å². The lowest BCUT2D eigenvalue weighted by Gasteiger charge is -2.22. The summed E-state index contributed by atoms with van der Waals surface area (Å²) >= 11 is 3.58. The average Bonchev–Trinajstić information content (AvgIpc) is 2.62. The summed E-state index contributed by atoms with van der Waals surface area (Å²) in [6.07, 6.45) is 0.875. The number of benzene rings is 2. The van der Waals surface area contributed by atoms with E-state index < -0.39 is 0 Å². The van der Waals surface area contributed by atoms with E-state index in [1.165, 1.54) is 12.5 Å². The summed E-state index contributed by atoms with van der Waals surface area (Å²) in [5.41, 5.74) is 3.76. The molecule has 3 N–H and O–H groups in total. The maximum Gasteiger partial charge on any atom is 0.262 e. The van der Waals surface area contributed by atoms with Crippen molar-refractivity contribution in [3.63, 3.8) is 0 Å². The Morgan fingerprint density at radius 3 is 2.74 bits per heavy atom. The van der Waals surface area contributed by atoms with Gasteiger partial charge in [-0.1, -0.05) is 28.1 Å². The summed E-state index contributed by atoms with van der Waals surface area (Å²) in [5, 5.41) is 9.08. The first-order valence-electron chi connectivity index (χ1n) is 8.78. The van der Waals surface area contributed by atoms with E-state index >= 15 is 0 Å². The van der Waals surface area contributed by atoms with Gasteiger partial charge in [-0.15, -0.1) is 0 Å². The molecule has 0 bridgehead atoms. The van der Waals surface area contributed by atoms with Crippen LogP contribution in [0.5, 0.6) is 5.75 Å². The number of fused-ring (bicyclic) bond motifs is 1. The summed E-state index contributed by atoms with van der Waals surface area (Å²) < 4.78 is 6.43. The Balaban J connectivity index is 1.57. The Morgan fingerprint density at radius 1 is 1.30 bits per heavy atom. The van der Waals surface area contributed by atoms with Crippen molar-refractivity contribution >= 4 is 39.1 Å². The SMILES string of the molecule is CC(=O)Nc1ccc(CCN[C@H](C)c2cc3c(cc2Br)NC(=O)CO3)cc1. The third-order valence-electron chi connectivity index (χ3n) is 4.34. The quantitative estimate of drug-likeness (QED) is 0.652. The van der Waals surface area contributed by atoms with Crippen LogP contribution < -0.4 is 20.7 Å². The normalized spacial score (nSPS) is 14.0. The van der Waals surface area contributed by atoms with E-state index in [9.17, 15) is 9.59 Å². The Bertz CT molecular complexity index is 852. The molecule has 2 amide bonds. The molecule has 6 nitrogen and oxygen atoms in total. The van der Waals surface area contributed by atoms with E-state index in [4.69, 9.17) is 4.74 Å². The minimum Gasteiger partial charge on any atom is -0.482 e. The molecule has 0 saturated heterocycles. The molecule has 7 heteroatoms. The Morgan fingerprint density at radius 2 is 2.04 bits per heavy atom. The monoisotopic (exact) mass is 431 g/mol. The molecule has 0 saturated carbocycles. The number of carbonyl (C=O) groups is 2. The highest BCUT2D eigenvalue weighted by Gasteiger charge is 2.20. The number of hydrogen-bond acceptors (Lipinski definition) is 4. The van der Waals surface area contributed by atoms with E-state index in [-0.39, 0.29) is 24.5 Å². The van der Waals surface area contributed by atoms with Gasteiger partial charge in [0.1, 0.15) is 5.75 Å². The van der Waals surface area contributed by atoms with Gasteiger partial charge < -0.3 is 20.7 Å². The van der Waals surface area contributed by atoms with E-state index in [0.29, 0.717) is 11.4 Å². The number of rotatable bonds is 6. The molecule has 1 heterocycles. The number of halogens is 1. The Hall–Kier alpha value is -2.38. The maximum absolute atomic E-state index is 11.4. The maximum atomic E-state index is 11.4. The summed E-state index contributed by atoms with van der Waals surface area (Å²) in [5.74, 6) is 0.477. The minimum atomic E-state index is -0.141. The number of amides is 2. The topological polar surface area (TPSA) is 79.5 Å². The molecule has 2 aromatic carbocycles. The van der Waals surface area contributed by atoms with Crippen LogP contribution in [-0.2, 0) is 16.0 Å². The van der Waals surface area contributed by atoms with Crippen molar-refractivity contribution in [2.45, 2.75) is 26.3 Å². The van der Waals surface area contributed by atoms with Gasteiger partial charge in [0.05, 0.1) is 5.69 Å². The first kappa shape index (κ1) is 19.4. The fraction of sp³-hybridized carbons (Fsp3) is 0.300. The van der Waals surface area contributed by atoms with Crippen molar-refractivity contribution in [1.82, 2.24) is 5.32 Å². The zero-order valence-corrected chi connectivity index (χ0v) is 16.9. The predicted molar refractivity (Wildman–Crippen MR) is 109 cm³/mol. The Labute approximate surface area is 166 Å². The molecule has 1 aliphatic heterocycles. The first-order valence-corrected chi connectivity index (χ1v) is 9.57. The van der Waals surface area contributed by atoms with Crippen LogP contribution in [0.4, 0.5) is 11.4 Å². The largest absolute Gasteiger partial charge is 0.482 e. The fourth-order valence-corrected chi connectivity index (χ4v) is 3.64.